The fourth-order valence-corrected chi connectivity index (χ4v) is 5.23. The molecule has 2 aliphatic heterocycles. The summed E-state index contributed by atoms with van der Waals surface area (Å²) in [5.74, 6) is -0.150. The van der Waals surface area contributed by atoms with E-state index in [1.165, 1.54) is 5.57 Å². The Labute approximate surface area is 185 Å². The second-order valence-corrected chi connectivity index (χ2v) is 9.65. The van der Waals surface area contributed by atoms with Crippen molar-refractivity contribution in [3.8, 4) is 0 Å². The van der Waals surface area contributed by atoms with Gasteiger partial charge >= 0.3 is 5.97 Å². The molecule has 2 heterocycles. The molecule has 0 unspecified atom stereocenters. The number of rotatable bonds is 8. The molecule has 1 aromatic rings. The summed E-state index contributed by atoms with van der Waals surface area (Å²) < 4.78 is 24.1. The van der Waals surface area contributed by atoms with Crippen molar-refractivity contribution in [2.24, 2.45) is 5.92 Å². The Hall–Kier alpha value is -1.89. The molecule has 2 N–H and O–H groups in total. The highest BCUT2D eigenvalue weighted by Gasteiger charge is 2.72. The predicted octanol–water partition coefficient (Wildman–Crippen LogP) is 3.82. The first-order valence-corrected chi connectivity index (χ1v) is 11.3. The fourth-order valence-electron chi connectivity index (χ4n) is 5.23. The first-order valence-electron chi connectivity index (χ1n) is 11.3. The Balaban J connectivity index is 1.40. The highest BCUT2D eigenvalue weighted by Crippen LogP contribution is 2.59. The zero-order chi connectivity index (χ0) is 22.2. The van der Waals surface area contributed by atoms with Crippen LogP contribution >= 0.6 is 0 Å². The normalized spacial score (nSPS) is 36.1. The Morgan fingerprint density at radius 2 is 2.00 bits per heavy atom. The molecule has 3 aliphatic rings. The number of nitrogens with two attached hydrogens (primary N) is 1. The standard InChI is InChI=1S/C25H35NO5/c1-16(2)5-11-20-24(3,31-20)23-22(28-4)19(13-14-25(23)15-29-25)30-21(27)12-8-17-6-9-18(26)10-7-17/h5-7,9-10,19-20,22-23H,8,11-15,26H2,1-4H3/t19-,20-,22-,23-,24-,25+/m1/s1. The number of allylic oxidation sites excluding steroid dienone is 1. The van der Waals surface area contributed by atoms with Crippen LogP contribution in [-0.2, 0) is 30.2 Å². The van der Waals surface area contributed by atoms with E-state index in [1.807, 2.05) is 24.3 Å². The molecule has 2 saturated heterocycles. The van der Waals surface area contributed by atoms with E-state index >= 15 is 0 Å². The van der Waals surface area contributed by atoms with E-state index in [4.69, 9.17) is 24.7 Å². The van der Waals surface area contributed by atoms with Gasteiger partial charge in [-0.05, 0) is 64.2 Å². The number of carbonyl (C=O) groups is 1. The molecule has 0 bridgehead atoms. The smallest absolute Gasteiger partial charge is 0.306 e. The third kappa shape index (κ3) is 4.66. The molecule has 3 fully saturated rings. The molecule has 0 amide bonds. The molecule has 1 spiro atoms. The van der Waals surface area contributed by atoms with Crippen LogP contribution in [0, 0.1) is 5.92 Å². The van der Waals surface area contributed by atoms with Crippen molar-refractivity contribution < 1.29 is 23.7 Å². The van der Waals surface area contributed by atoms with Crippen molar-refractivity contribution in [1.29, 1.82) is 0 Å². The second kappa shape index (κ2) is 8.57. The molecule has 170 valence electrons. The molecule has 1 aliphatic carbocycles. The van der Waals surface area contributed by atoms with E-state index in [-0.39, 0.29) is 41.4 Å². The van der Waals surface area contributed by atoms with Gasteiger partial charge in [-0.1, -0.05) is 23.8 Å². The maximum absolute atomic E-state index is 12.6. The van der Waals surface area contributed by atoms with Crippen molar-refractivity contribution >= 4 is 11.7 Å². The van der Waals surface area contributed by atoms with Gasteiger partial charge in [-0.3, -0.25) is 4.79 Å². The number of epoxide rings is 2. The number of nitrogen functional groups attached to an aromatic ring is 1. The lowest BCUT2D eigenvalue weighted by atomic mass is 9.68. The number of methoxy groups -OCH3 is 1. The monoisotopic (exact) mass is 429 g/mol. The van der Waals surface area contributed by atoms with Gasteiger partial charge < -0.3 is 24.7 Å². The van der Waals surface area contributed by atoms with Crippen LogP contribution in [-0.4, -0.2) is 49.2 Å². The lowest BCUT2D eigenvalue weighted by Crippen LogP contribution is -2.55. The third-order valence-corrected chi connectivity index (χ3v) is 7.12. The number of anilines is 1. The van der Waals surface area contributed by atoms with Crippen LogP contribution in [0.1, 0.15) is 52.0 Å². The molecular weight excluding hydrogens is 394 g/mol. The molecule has 6 heteroatoms. The zero-order valence-electron chi connectivity index (χ0n) is 19.1. The first kappa shape index (κ1) is 22.3. The van der Waals surface area contributed by atoms with Gasteiger partial charge in [0.15, 0.2) is 0 Å². The van der Waals surface area contributed by atoms with Gasteiger partial charge in [-0.25, -0.2) is 0 Å². The molecule has 0 aromatic heterocycles. The van der Waals surface area contributed by atoms with Crippen LogP contribution in [0.15, 0.2) is 35.9 Å². The van der Waals surface area contributed by atoms with E-state index < -0.39 is 0 Å². The Morgan fingerprint density at radius 1 is 1.29 bits per heavy atom. The number of carbonyl (C=O) groups excluding carboxylic acids is 1. The predicted molar refractivity (Wildman–Crippen MR) is 119 cm³/mol. The second-order valence-electron chi connectivity index (χ2n) is 9.65. The molecular formula is C25H35NO5. The molecule has 6 atom stereocenters. The Kier molecular flexibility index (Phi) is 6.16. The van der Waals surface area contributed by atoms with E-state index in [0.717, 1.165) is 37.1 Å². The van der Waals surface area contributed by atoms with Gasteiger partial charge in [-0.2, -0.15) is 0 Å². The number of ether oxygens (including phenoxy) is 4. The van der Waals surface area contributed by atoms with Crippen molar-refractivity contribution in [2.45, 2.75) is 82.4 Å². The minimum Gasteiger partial charge on any atom is -0.460 e. The fraction of sp³-hybridized carbons (Fsp3) is 0.640. The first-order chi connectivity index (χ1) is 14.8. The highest BCUT2D eigenvalue weighted by atomic mass is 16.6. The summed E-state index contributed by atoms with van der Waals surface area (Å²) in [5.41, 5.74) is 8.28. The van der Waals surface area contributed by atoms with Gasteiger partial charge in [0.2, 0.25) is 0 Å². The van der Waals surface area contributed by atoms with Crippen LogP contribution in [0.25, 0.3) is 0 Å². The molecule has 0 radical (unpaired) electrons. The summed E-state index contributed by atoms with van der Waals surface area (Å²) in [6, 6.07) is 7.60. The summed E-state index contributed by atoms with van der Waals surface area (Å²) in [7, 11) is 1.70. The minimum absolute atomic E-state index is 0.0456. The number of hydrogen-bond donors (Lipinski definition) is 1. The maximum atomic E-state index is 12.6. The SMILES string of the molecule is CO[C@@H]1[C@H](OC(=O)CCc2ccc(N)cc2)CC[C@]2(CO2)[C@H]1[C@]1(C)O[C@@H]1CC=C(C)C. The van der Waals surface area contributed by atoms with Gasteiger partial charge in [0.25, 0.3) is 0 Å². The van der Waals surface area contributed by atoms with E-state index in [9.17, 15) is 4.79 Å². The Morgan fingerprint density at radius 3 is 2.61 bits per heavy atom. The highest BCUT2D eigenvalue weighted by molar-refractivity contribution is 5.70. The third-order valence-electron chi connectivity index (χ3n) is 7.12. The number of aryl methyl sites for hydroxylation is 1. The van der Waals surface area contributed by atoms with Crippen molar-refractivity contribution in [2.75, 3.05) is 19.5 Å². The lowest BCUT2D eigenvalue weighted by molar-refractivity contribution is -0.171. The maximum Gasteiger partial charge on any atom is 0.306 e. The van der Waals surface area contributed by atoms with Gasteiger partial charge in [0, 0.05) is 19.2 Å². The topological polar surface area (TPSA) is 86.6 Å². The average molecular weight is 430 g/mol. The van der Waals surface area contributed by atoms with Crippen LogP contribution in [0.5, 0.6) is 0 Å². The number of esters is 1. The van der Waals surface area contributed by atoms with Crippen LogP contribution < -0.4 is 5.73 Å². The summed E-state index contributed by atoms with van der Waals surface area (Å²) in [5, 5.41) is 0. The minimum atomic E-state index is -0.321. The molecule has 31 heavy (non-hydrogen) atoms. The summed E-state index contributed by atoms with van der Waals surface area (Å²) in [6.07, 6.45) is 5.30. The largest absolute Gasteiger partial charge is 0.460 e. The van der Waals surface area contributed by atoms with Crippen molar-refractivity contribution in [3.63, 3.8) is 0 Å². The molecule has 1 saturated carbocycles. The molecule has 4 rings (SSSR count). The average Bonchev–Trinajstić information content (AvgIpc) is 3.65. The van der Waals surface area contributed by atoms with Crippen LogP contribution in [0.2, 0.25) is 0 Å². The molecule has 6 nitrogen and oxygen atoms in total. The van der Waals surface area contributed by atoms with E-state index in [2.05, 4.69) is 26.8 Å². The number of hydrogen-bond acceptors (Lipinski definition) is 6. The quantitative estimate of drug-likeness (QED) is 0.293. The van der Waals surface area contributed by atoms with E-state index in [0.29, 0.717) is 12.8 Å². The van der Waals surface area contributed by atoms with Gasteiger partial charge in [0.05, 0.1) is 18.6 Å². The van der Waals surface area contributed by atoms with Crippen LogP contribution in [0.3, 0.4) is 0 Å². The van der Waals surface area contributed by atoms with E-state index in [1.54, 1.807) is 7.11 Å². The van der Waals surface area contributed by atoms with Gasteiger partial charge in [0.1, 0.15) is 23.4 Å². The summed E-state index contributed by atoms with van der Waals surface area (Å²) >= 11 is 0. The van der Waals surface area contributed by atoms with Crippen LogP contribution in [0.4, 0.5) is 5.69 Å². The van der Waals surface area contributed by atoms with Gasteiger partial charge in [-0.15, -0.1) is 0 Å². The zero-order valence-corrected chi connectivity index (χ0v) is 19.1. The summed E-state index contributed by atoms with van der Waals surface area (Å²) in [4.78, 5) is 12.6. The Bertz CT molecular complexity index is 827. The number of benzene rings is 1. The van der Waals surface area contributed by atoms with Crippen molar-refractivity contribution in [3.05, 3.63) is 41.5 Å². The van der Waals surface area contributed by atoms with Crippen molar-refractivity contribution in [1.82, 2.24) is 0 Å². The molecule has 1 aromatic carbocycles. The summed E-state index contributed by atoms with van der Waals surface area (Å²) in [6.45, 7) is 7.08. The lowest BCUT2D eigenvalue weighted by Gasteiger charge is -2.42.